The van der Waals surface area contributed by atoms with Crippen molar-refractivity contribution in [1.82, 2.24) is 0 Å². The fourth-order valence-corrected chi connectivity index (χ4v) is 2.02. The van der Waals surface area contributed by atoms with Crippen molar-refractivity contribution in [2.24, 2.45) is 5.73 Å². The van der Waals surface area contributed by atoms with Gasteiger partial charge in [0.05, 0.1) is 19.3 Å². The van der Waals surface area contributed by atoms with Gasteiger partial charge in [0, 0.05) is 20.6 Å². The first-order valence-electron chi connectivity index (χ1n) is 6.13. The number of benzene rings is 1. The van der Waals surface area contributed by atoms with Crippen molar-refractivity contribution in [3.8, 4) is 5.75 Å². The average molecular weight is 253 g/mol. The van der Waals surface area contributed by atoms with Gasteiger partial charge in [-0.1, -0.05) is 12.1 Å². The van der Waals surface area contributed by atoms with E-state index in [9.17, 15) is 0 Å². The lowest BCUT2D eigenvalue weighted by molar-refractivity contribution is -0.0376. The molecule has 0 saturated carbocycles. The summed E-state index contributed by atoms with van der Waals surface area (Å²) in [5.74, 6) is 0.857. The van der Waals surface area contributed by atoms with E-state index in [1.54, 1.807) is 21.3 Å². The second-order valence-electron chi connectivity index (χ2n) is 4.18. The predicted octanol–water partition coefficient (Wildman–Crippen LogP) is 1.62. The van der Waals surface area contributed by atoms with Crippen molar-refractivity contribution in [1.29, 1.82) is 0 Å². The zero-order chi connectivity index (χ0) is 13.4. The lowest BCUT2D eigenvalue weighted by Gasteiger charge is -2.24. The normalized spacial score (nSPS) is 14.2. The lowest BCUT2D eigenvalue weighted by Crippen LogP contribution is -2.33. The summed E-state index contributed by atoms with van der Waals surface area (Å²) in [4.78, 5) is 0. The first kappa shape index (κ1) is 15.0. The Kier molecular flexibility index (Phi) is 6.72. The molecule has 0 spiro atoms. The van der Waals surface area contributed by atoms with Crippen LogP contribution in [0.5, 0.6) is 5.75 Å². The Hall–Kier alpha value is -1.10. The van der Waals surface area contributed by atoms with Crippen molar-refractivity contribution >= 4 is 0 Å². The van der Waals surface area contributed by atoms with Crippen molar-refractivity contribution < 1.29 is 14.2 Å². The van der Waals surface area contributed by atoms with Crippen LogP contribution >= 0.6 is 0 Å². The summed E-state index contributed by atoms with van der Waals surface area (Å²) in [6.07, 6.45) is 1.60. The summed E-state index contributed by atoms with van der Waals surface area (Å²) in [6, 6.07) is 7.98. The van der Waals surface area contributed by atoms with Gasteiger partial charge in [-0.2, -0.15) is 0 Å². The highest BCUT2D eigenvalue weighted by Gasteiger charge is 2.20. The SMILES string of the molecule is COc1cccc(CC(OC)C(CCN)OC)c1. The van der Waals surface area contributed by atoms with Gasteiger partial charge in [-0.25, -0.2) is 0 Å². The number of ether oxygens (including phenoxy) is 3. The summed E-state index contributed by atoms with van der Waals surface area (Å²) in [7, 11) is 5.06. The fourth-order valence-electron chi connectivity index (χ4n) is 2.02. The Balaban J connectivity index is 2.71. The first-order valence-corrected chi connectivity index (χ1v) is 6.13. The molecule has 0 amide bonds. The maximum absolute atomic E-state index is 5.58. The molecule has 0 aliphatic heterocycles. The smallest absolute Gasteiger partial charge is 0.119 e. The fraction of sp³-hybridized carbons (Fsp3) is 0.571. The third-order valence-corrected chi connectivity index (χ3v) is 3.04. The van der Waals surface area contributed by atoms with Crippen LogP contribution in [0.25, 0.3) is 0 Å². The Morgan fingerprint density at radius 1 is 1.11 bits per heavy atom. The topological polar surface area (TPSA) is 53.7 Å². The molecular weight excluding hydrogens is 230 g/mol. The van der Waals surface area contributed by atoms with E-state index in [1.165, 1.54) is 5.56 Å². The Morgan fingerprint density at radius 3 is 2.39 bits per heavy atom. The van der Waals surface area contributed by atoms with Crippen molar-refractivity contribution in [3.05, 3.63) is 29.8 Å². The molecule has 0 fully saturated rings. The second-order valence-corrected chi connectivity index (χ2v) is 4.18. The number of hydrogen-bond acceptors (Lipinski definition) is 4. The van der Waals surface area contributed by atoms with E-state index in [-0.39, 0.29) is 12.2 Å². The average Bonchev–Trinajstić information content (AvgIpc) is 2.42. The standard InChI is InChI=1S/C14H23NO3/c1-16-12-6-4-5-11(9-12)10-14(18-3)13(17-2)7-8-15/h4-6,9,13-14H,7-8,10,15H2,1-3H3. The highest BCUT2D eigenvalue weighted by Crippen LogP contribution is 2.17. The predicted molar refractivity (Wildman–Crippen MR) is 72.0 cm³/mol. The molecular formula is C14H23NO3. The number of methoxy groups -OCH3 is 3. The lowest BCUT2D eigenvalue weighted by atomic mass is 10.0. The van der Waals surface area contributed by atoms with Gasteiger partial charge < -0.3 is 19.9 Å². The van der Waals surface area contributed by atoms with E-state index in [0.717, 1.165) is 18.6 Å². The highest BCUT2D eigenvalue weighted by atomic mass is 16.5. The molecule has 4 heteroatoms. The molecule has 0 aliphatic carbocycles. The van der Waals surface area contributed by atoms with Gasteiger partial charge in [-0.3, -0.25) is 0 Å². The molecule has 0 aliphatic rings. The molecule has 0 radical (unpaired) electrons. The monoisotopic (exact) mass is 253 g/mol. The van der Waals surface area contributed by atoms with Crippen molar-refractivity contribution in [2.75, 3.05) is 27.9 Å². The molecule has 0 aromatic heterocycles. The van der Waals surface area contributed by atoms with E-state index in [2.05, 4.69) is 6.07 Å². The molecule has 1 aromatic carbocycles. The van der Waals surface area contributed by atoms with Crippen LogP contribution in [0.4, 0.5) is 0 Å². The van der Waals surface area contributed by atoms with Gasteiger partial charge in [0.25, 0.3) is 0 Å². The molecule has 4 nitrogen and oxygen atoms in total. The molecule has 1 aromatic rings. The Bertz CT molecular complexity index is 344. The number of nitrogens with two attached hydrogens (primary N) is 1. The van der Waals surface area contributed by atoms with Crippen LogP contribution in [0, 0.1) is 0 Å². The molecule has 0 heterocycles. The van der Waals surface area contributed by atoms with Crippen molar-refractivity contribution in [3.63, 3.8) is 0 Å². The summed E-state index contributed by atoms with van der Waals surface area (Å²) in [6.45, 7) is 0.594. The molecule has 0 saturated heterocycles. The van der Waals surface area contributed by atoms with E-state index in [4.69, 9.17) is 19.9 Å². The maximum Gasteiger partial charge on any atom is 0.119 e. The van der Waals surface area contributed by atoms with E-state index >= 15 is 0 Å². The third kappa shape index (κ3) is 4.29. The zero-order valence-corrected chi connectivity index (χ0v) is 11.4. The minimum absolute atomic E-state index is 0.00524. The highest BCUT2D eigenvalue weighted by molar-refractivity contribution is 5.28. The van der Waals surface area contributed by atoms with Gasteiger partial charge in [-0.05, 0) is 30.7 Å². The summed E-state index contributed by atoms with van der Waals surface area (Å²) in [5.41, 5.74) is 6.75. The number of hydrogen-bond donors (Lipinski definition) is 1. The van der Waals surface area contributed by atoms with Gasteiger partial charge in [0.1, 0.15) is 5.75 Å². The van der Waals surface area contributed by atoms with E-state index < -0.39 is 0 Å². The zero-order valence-electron chi connectivity index (χ0n) is 11.4. The van der Waals surface area contributed by atoms with Crippen LogP contribution in [-0.4, -0.2) is 40.1 Å². The van der Waals surface area contributed by atoms with Crippen LogP contribution < -0.4 is 10.5 Å². The van der Waals surface area contributed by atoms with Gasteiger partial charge in [0.2, 0.25) is 0 Å². The Morgan fingerprint density at radius 2 is 1.83 bits per heavy atom. The minimum atomic E-state index is 0.00524. The third-order valence-electron chi connectivity index (χ3n) is 3.04. The van der Waals surface area contributed by atoms with Crippen LogP contribution in [0.3, 0.4) is 0 Å². The first-order chi connectivity index (χ1) is 8.74. The van der Waals surface area contributed by atoms with E-state index in [0.29, 0.717) is 6.54 Å². The summed E-state index contributed by atoms with van der Waals surface area (Å²) in [5, 5.41) is 0. The van der Waals surface area contributed by atoms with Crippen molar-refractivity contribution in [2.45, 2.75) is 25.0 Å². The molecule has 2 N–H and O–H groups in total. The van der Waals surface area contributed by atoms with E-state index in [1.807, 2.05) is 18.2 Å². The Labute approximate surface area is 109 Å². The summed E-state index contributed by atoms with van der Waals surface area (Å²) >= 11 is 0. The summed E-state index contributed by atoms with van der Waals surface area (Å²) < 4.78 is 16.2. The largest absolute Gasteiger partial charge is 0.497 e. The van der Waals surface area contributed by atoms with Crippen LogP contribution in [0.2, 0.25) is 0 Å². The second kappa shape index (κ2) is 8.08. The molecule has 102 valence electrons. The van der Waals surface area contributed by atoms with Gasteiger partial charge in [-0.15, -0.1) is 0 Å². The van der Waals surface area contributed by atoms with Crippen LogP contribution in [0.15, 0.2) is 24.3 Å². The molecule has 2 unspecified atom stereocenters. The quantitative estimate of drug-likeness (QED) is 0.765. The molecule has 2 atom stereocenters. The molecule has 18 heavy (non-hydrogen) atoms. The molecule has 1 rings (SSSR count). The maximum atomic E-state index is 5.58. The van der Waals surface area contributed by atoms with Gasteiger partial charge in [0.15, 0.2) is 0 Å². The van der Waals surface area contributed by atoms with Gasteiger partial charge >= 0.3 is 0 Å². The van der Waals surface area contributed by atoms with Crippen LogP contribution in [-0.2, 0) is 15.9 Å². The van der Waals surface area contributed by atoms with Crippen LogP contribution in [0.1, 0.15) is 12.0 Å². The minimum Gasteiger partial charge on any atom is -0.497 e. The number of rotatable bonds is 8. The molecule has 0 bridgehead atoms.